The van der Waals surface area contributed by atoms with Gasteiger partial charge in [0.2, 0.25) is 5.91 Å². The Morgan fingerprint density at radius 3 is 2.60 bits per heavy atom. The zero-order valence-corrected chi connectivity index (χ0v) is 16.2. The van der Waals surface area contributed by atoms with Gasteiger partial charge in [0.25, 0.3) is 11.8 Å². The fourth-order valence-electron chi connectivity index (χ4n) is 2.36. The lowest BCUT2D eigenvalue weighted by Crippen LogP contribution is -2.37. The van der Waals surface area contributed by atoms with Gasteiger partial charge >= 0.3 is 0 Å². The Morgan fingerprint density at radius 2 is 1.88 bits per heavy atom. The second-order valence-corrected chi connectivity index (χ2v) is 6.21. The molecule has 1 heterocycles. The SMILES string of the molecule is COCCNCCNC(=O)CCN1C(=O)c2ccc(Br)cc2C1=O.Cl. The molecule has 1 aromatic rings. The predicted octanol–water partition coefficient (Wildman–Crippen LogP) is 1.21. The van der Waals surface area contributed by atoms with E-state index in [0.717, 1.165) is 15.9 Å². The monoisotopic (exact) mass is 433 g/mol. The van der Waals surface area contributed by atoms with Crippen LogP contribution in [0.25, 0.3) is 0 Å². The van der Waals surface area contributed by atoms with Gasteiger partial charge in [0.05, 0.1) is 17.7 Å². The van der Waals surface area contributed by atoms with Crippen LogP contribution >= 0.6 is 28.3 Å². The minimum Gasteiger partial charge on any atom is -0.383 e. The number of methoxy groups -OCH3 is 1. The minimum atomic E-state index is -0.356. The molecule has 2 rings (SSSR count). The first-order valence-corrected chi connectivity index (χ1v) is 8.46. The van der Waals surface area contributed by atoms with Crippen LogP contribution in [0.5, 0.6) is 0 Å². The Hall–Kier alpha value is -1.48. The molecule has 1 aromatic carbocycles. The first-order chi connectivity index (χ1) is 11.5. The highest BCUT2D eigenvalue weighted by molar-refractivity contribution is 9.10. The van der Waals surface area contributed by atoms with Crippen LogP contribution in [-0.2, 0) is 9.53 Å². The van der Waals surface area contributed by atoms with Crippen molar-refractivity contribution in [3.63, 3.8) is 0 Å². The summed E-state index contributed by atoms with van der Waals surface area (Å²) >= 11 is 3.29. The Morgan fingerprint density at radius 1 is 1.16 bits per heavy atom. The van der Waals surface area contributed by atoms with Crippen molar-refractivity contribution in [2.45, 2.75) is 6.42 Å². The Bertz CT molecular complexity index is 642. The van der Waals surface area contributed by atoms with E-state index in [0.29, 0.717) is 30.8 Å². The highest BCUT2D eigenvalue weighted by atomic mass is 79.9. The van der Waals surface area contributed by atoms with Crippen LogP contribution in [-0.4, -0.2) is 62.5 Å². The molecule has 0 unspecified atom stereocenters. The van der Waals surface area contributed by atoms with E-state index in [1.165, 1.54) is 0 Å². The van der Waals surface area contributed by atoms with E-state index in [4.69, 9.17) is 4.74 Å². The van der Waals surface area contributed by atoms with Crippen molar-refractivity contribution in [3.8, 4) is 0 Å². The summed E-state index contributed by atoms with van der Waals surface area (Å²) < 4.78 is 5.64. The highest BCUT2D eigenvalue weighted by Crippen LogP contribution is 2.25. The normalized spacial score (nSPS) is 12.8. The second-order valence-electron chi connectivity index (χ2n) is 5.29. The number of benzene rings is 1. The van der Waals surface area contributed by atoms with Crippen LogP contribution in [0.15, 0.2) is 22.7 Å². The van der Waals surface area contributed by atoms with Crippen LogP contribution in [0, 0.1) is 0 Å². The number of nitrogens with zero attached hydrogens (tertiary/aromatic N) is 1. The fourth-order valence-corrected chi connectivity index (χ4v) is 2.72. The summed E-state index contributed by atoms with van der Waals surface area (Å²) in [6, 6.07) is 4.96. The molecule has 138 valence electrons. The molecule has 0 saturated heterocycles. The van der Waals surface area contributed by atoms with Gasteiger partial charge in [-0.15, -0.1) is 12.4 Å². The van der Waals surface area contributed by atoms with E-state index in [9.17, 15) is 14.4 Å². The number of amides is 3. The Balaban J connectivity index is 0.00000312. The number of halogens is 2. The second kappa shape index (κ2) is 10.5. The van der Waals surface area contributed by atoms with Crippen molar-refractivity contribution in [3.05, 3.63) is 33.8 Å². The van der Waals surface area contributed by atoms with E-state index in [1.807, 2.05) is 0 Å². The predicted molar refractivity (Wildman–Crippen MR) is 99.1 cm³/mol. The summed E-state index contributed by atoms with van der Waals surface area (Å²) in [5.41, 5.74) is 0.753. The summed E-state index contributed by atoms with van der Waals surface area (Å²) in [5, 5.41) is 5.85. The Kier molecular flexibility index (Phi) is 9.05. The molecule has 0 atom stereocenters. The molecule has 0 radical (unpaired) electrons. The van der Waals surface area contributed by atoms with Gasteiger partial charge in [-0.3, -0.25) is 19.3 Å². The molecule has 1 aliphatic rings. The highest BCUT2D eigenvalue weighted by Gasteiger charge is 2.35. The van der Waals surface area contributed by atoms with Crippen molar-refractivity contribution in [2.75, 3.05) is 39.9 Å². The summed E-state index contributed by atoms with van der Waals surface area (Å²) in [7, 11) is 1.63. The number of carbonyl (C=O) groups excluding carboxylic acids is 3. The standard InChI is InChI=1S/C16H20BrN3O4.ClH/c1-24-9-7-18-5-6-19-14(21)4-8-20-15(22)12-3-2-11(17)10-13(12)16(20)23;/h2-3,10,18H,4-9H2,1H3,(H,19,21);1H. The van der Waals surface area contributed by atoms with E-state index in [-0.39, 0.29) is 43.1 Å². The third-order valence-corrected chi connectivity index (χ3v) is 4.10. The number of hydrogen-bond acceptors (Lipinski definition) is 5. The topological polar surface area (TPSA) is 87.7 Å². The molecule has 0 saturated carbocycles. The number of hydrogen-bond donors (Lipinski definition) is 2. The summed E-state index contributed by atoms with van der Waals surface area (Å²) in [5.74, 6) is -0.900. The maximum atomic E-state index is 12.3. The molecule has 3 amide bonds. The van der Waals surface area contributed by atoms with Crippen LogP contribution in [0.4, 0.5) is 0 Å². The van der Waals surface area contributed by atoms with Gasteiger partial charge in [0.1, 0.15) is 0 Å². The number of fused-ring (bicyclic) bond motifs is 1. The maximum Gasteiger partial charge on any atom is 0.261 e. The number of carbonyl (C=O) groups is 3. The maximum absolute atomic E-state index is 12.3. The van der Waals surface area contributed by atoms with Gasteiger partial charge in [-0.25, -0.2) is 0 Å². The molecule has 0 spiro atoms. The lowest BCUT2D eigenvalue weighted by atomic mass is 10.1. The molecule has 7 nitrogen and oxygen atoms in total. The third-order valence-electron chi connectivity index (χ3n) is 3.60. The van der Waals surface area contributed by atoms with Crippen molar-refractivity contribution < 1.29 is 19.1 Å². The van der Waals surface area contributed by atoms with Gasteiger partial charge in [-0.1, -0.05) is 15.9 Å². The minimum absolute atomic E-state index is 0. The average molecular weight is 435 g/mol. The van der Waals surface area contributed by atoms with E-state index < -0.39 is 0 Å². The number of rotatable bonds is 9. The fraction of sp³-hybridized carbons (Fsp3) is 0.438. The van der Waals surface area contributed by atoms with Crippen LogP contribution in [0.1, 0.15) is 27.1 Å². The summed E-state index contributed by atoms with van der Waals surface area (Å²) in [6.07, 6.45) is 0.0880. The zero-order chi connectivity index (χ0) is 17.5. The van der Waals surface area contributed by atoms with E-state index >= 15 is 0 Å². The third kappa shape index (κ3) is 5.78. The molecule has 0 bridgehead atoms. The molecule has 9 heteroatoms. The van der Waals surface area contributed by atoms with Gasteiger partial charge in [0, 0.05) is 44.2 Å². The summed E-state index contributed by atoms with van der Waals surface area (Å²) in [4.78, 5) is 37.4. The van der Waals surface area contributed by atoms with Gasteiger partial charge < -0.3 is 15.4 Å². The van der Waals surface area contributed by atoms with Crippen molar-refractivity contribution >= 4 is 46.1 Å². The van der Waals surface area contributed by atoms with Gasteiger partial charge in [0.15, 0.2) is 0 Å². The van der Waals surface area contributed by atoms with E-state index in [1.54, 1.807) is 25.3 Å². The molecular formula is C16H21BrClN3O4. The smallest absolute Gasteiger partial charge is 0.261 e. The van der Waals surface area contributed by atoms with Crippen molar-refractivity contribution in [1.82, 2.24) is 15.5 Å². The lowest BCUT2D eigenvalue weighted by Gasteiger charge is -2.13. The molecule has 25 heavy (non-hydrogen) atoms. The van der Waals surface area contributed by atoms with Crippen molar-refractivity contribution in [1.29, 1.82) is 0 Å². The van der Waals surface area contributed by atoms with E-state index in [2.05, 4.69) is 26.6 Å². The molecule has 0 aliphatic carbocycles. The average Bonchev–Trinajstić information content (AvgIpc) is 2.79. The largest absolute Gasteiger partial charge is 0.383 e. The number of ether oxygens (including phenoxy) is 1. The lowest BCUT2D eigenvalue weighted by molar-refractivity contribution is -0.121. The number of imide groups is 1. The first kappa shape index (κ1) is 21.6. The van der Waals surface area contributed by atoms with Gasteiger partial charge in [-0.05, 0) is 18.2 Å². The number of nitrogens with one attached hydrogen (secondary N) is 2. The first-order valence-electron chi connectivity index (χ1n) is 7.66. The molecule has 0 fully saturated rings. The molecule has 0 aromatic heterocycles. The molecule has 2 N–H and O–H groups in total. The summed E-state index contributed by atoms with van der Waals surface area (Å²) in [6.45, 7) is 2.53. The molecular weight excluding hydrogens is 414 g/mol. The van der Waals surface area contributed by atoms with Gasteiger partial charge in [-0.2, -0.15) is 0 Å². The van der Waals surface area contributed by atoms with Crippen LogP contribution < -0.4 is 10.6 Å². The van der Waals surface area contributed by atoms with Crippen LogP contribution in [0.2, 0.25) is 0 Å². The molecule has 1 aliphatic heterocycles. The van der Waals surface area contributed by atoms with Crippen LogP contribution in [0.3, 0.4) is 0 Å². The zero-order valence-electron chi connectivity index (χ0n) is 13.8. The quantitative estimate of drug-likeness (QED) is 0.451. The Labute approximate surface area is 161 Å². The van der Waals surface area contributed by atoms with Crippen molar-refractivity contribution in [2.24, 2.45) is 0 Å².